The van der Waals surface area contributed by atoms with Crippen LogP contribution in [0.1, 0.15) is 35.2 Å². The molecule has 1 aromatic heterocycles. The van der Waals surface area contributed by atoms with Gasteiger partial charge in [0.15, 0.2) is 14.1 Å². The van der Waals surface area contributed by atoms with Crippen LogP contribution < -0.4 is 10.1 Å². The number of amides is 1. The Morgan fingerprint density at radius 2 is 1.94 bits per heavy atom. The maximum atomic E-state index is 12.8. The monoisotopic (exact) mass is 497 g/mol. The van der Waals surface area contributed by atoms with E-state index in [9.17, 15) is 9.59 Å². The van der Waals surface area contributed by atoms with Crippen molar-refractivity contribution < 1.29 is 14.3 Å². The van der Waals surface area contributed by atoms with Gasteiger partial charge in [-0.1, -0.05) is 23.7 Å². The summed E-state index contributed by atoms with van der Waals surface area (Å²) in [6.45, 7) is 6.01. The summed E-state index contributed by atoms with van der Waals surface area (Å²) in [6, 6.07) is 13.3. The van der Waals surface area contributed by atoms with Gasteiger partial charge in [-0.25, -0.2) is 0 Å². The van der Waals surface area contributed by atoms with E-state index in [-0.39, 0.29) is 12.3 Å². The number of carbonyl (C=O) groups is 1. The molecule has 10 heteroatoms. The number of carbonyl (C=O) groups excluding carboxylic acids is 1. The normalized spacial score (nSPS) is 15.1. The molecule has 0 saturated heterocycles. The molecule has 2 aromatic carbocycles. The summed E-state index contributed by atoms with van der Waals surface area (Å²) in [5.74, 6) is 1.84. The SMILES string of the molecule is COc1ccc2c(c1)C(c1ccc(Cl)cc1)=N[C@@H](CC(=O)NCC[Si](C)(C)O)c1nnc(C)n1-2. The number of fused-ring (bicyclic) bond motifs is 3. The molecule has 34 heavy (non-hydrogen) atoms. The first-order valence-corrected chi connectivity index (χ1v) is 14.6. The van der Waals surface area contributed by atoms with E-state index in [1.54, 1.807) is 7.11 Å². The molecule has 2 N–H and O–H groups in total. The summed E-state index contributed by atoms with van der Waals surface area (Å²) in [6.07, 6.45) is 0.105. The van der Waals surface area contributed by atoms with Crippen molar-refractivity contribution in [1.29, 1.82) is 0 Å². The van der Waals surface area contributed by atoms with Gasteiger partial charge >= 0.3 is 0 Å². The van der Waals surface area contributed by atoms with E-state index in [0.717, 1.165) is 22.5 Å². The van der Waals surface area contributed by atoms with Gasteiger partial charge in [-0.05, 0) is 56.4 Å². The molecule has 2 heterocycles. The van der Waals surface area contributed by atoms with E-state index in [2.05, 4.69) is 15.5 Å². The summed E-state index contributed by atoms with van der Waals surface area (Å²) >= 11 is 6.13. The summed E-state index contributed by atoms with van der Waals surface area (Å²) in [7, 11) is -0.620. The van der Waals surface area contributed by atoms with E-state index < -0.39 is 14.4 Å². The minimum absolute atomic E-state index is 0.105. The second-order valence-electron chi connectivity index (χ2n) is 8.94. The molecular weight excluding hydrogens is 470 g/mol. The molecule has 1 amide bonds. The first-order valence-electron chi connectivity index (χ1n) is 11.1. The van der Waals surface area contributed by atoms with Crippen molar-refractivity contribution >= 4 is 31.5 Å². The van der Waals surface area contributed by atoms with Crippen molar-refractivity contribution in [1.82, 2.24) is 20.1 Å². The first kappa shape index (κ1) is 24.1. The lowest BCUT2D eigenvalue weighted by Gasteiger charge is -2.15. The number of methoxy groups -OCH3 is 1. The lowest BCUT2D eigenvalue weighted by Crippen LogP contribution is -2.33. The molecule has 0 bridgehead atoms. The molecule has 0 radical (unpaired) electrons. The van der Waals surface area contributed by atoms with E-state index in [1.807, 2.05) is 67.0 Å². The molecule has 1 aliphatic heterocycles. The van der Waals surface area contributed by atoms with E-state index >= 15 is 0 Å². The van der Waals surface area contributed by atoms with Crippen molar-refractivity contribution in [2.45, 2.75) is 38.5 Å². The van der Waals surface area contributed by atoms with Gasteiger partial charge in [0.2, 0.25) is 5.91 Å². The summed E-state index contributed by atoms with van der Waals surface area (Å²) in [5, 5.41) is 12.2. The fourth-order valence-electron chi connectivity index (χ4n) is 3.93. The molecule has 0 spiro atoms. The number of ether oxygens (including phenoxy) is 1. The fourth-order valence-corrected chi connectivity index (χ4v) is 4.80. The molecular formula is C24H28ClN5O3Si. The molecule has 8 nitrogen and oxygen atoms in total. The average Bonchev–Trinajstić information content (AvgIpc) is 3.11. The van der Waals surface area contributed by atoms with Crippen LogP contribution in [0, 0.1) is 6.92 Å². The third kappa shape index (κ3) is 5.21. The third-order valence-corrected chi connectivity index (χ3v) is 7.41. The molecule has 0 unspecified atom stereocenters. The maximum Gasteiger partial charge on any atom is 0.222 e. The lowest BCUT2D eigenvalue weighted by molar-refractivity contribution is -0.121. The van der Waals surface area contributed by atoms with Gasteiger partial charge in [-0.3, -0.25) is 14.4 Å². The number of rotatable bonds is 7. The maximum absolute atomic E-state index is 12.8. The summed E-state index contributed by atoms with van der Waals surface area (Å²) < 4.78 is 7.44. The Labute approximate surface area is 204 Å². The molecule has 1 aliphatic rings. The highest BCUT2D eigenvalue weighted by Gasteiger charge is 2.30. The Bertz CT molecular complexity index is 1230. The van der Waals surface area contributed by atoms with E-state index in [4.69, 9.17) is 21.3 Å². The highest BCUT2D eigenvalue weighted by molar-refractivity contribution is 6.69. The van der Waals surface area contributed by atoms with Gasteiger partial charge in [0.25, 0.3) is 0 Å². The molecule has 178 valence electrons. The smallest absolute Gasteiger partial charge is 0.222 e. The molecule has 0 saturated carbocycles. The Morgan fingerprint density at radius 3 is 2.62 bits per heavy atom. The predicted molar refractivity (Wildman–Crippen MR) is 135 cm³/mol. The van der Waals surface area contributed by atoms with Gasteiger partial charge in [0, 0.05) is 22.7 Å². The van der Waals surface area contributed by atoms with Crippen LogP contribution in [0.25, 0.3) is 5.69 Å². The topological polar surface area (TPSA) is 102 Å². The molecule has 1 atom stereocenters. The highest BCUT2D eigenvalue weighted by atomic mass is 35.5. The van der Waals surface area contributed by atoms with Crippen LogP contribution in [0.15, 0.2) is 47.5 Å². The second kappa shape index (κ2) is 9.69. The number of hydrogen-bond donors (Lipinski definition) is 2. The van der Waals surface area contributed by atoms with Crippen molar-refractivity contribution in [3.8, 4) is 11.4 Å². The number of nitrogens with one attached hydrogen (secondary N) is 1. The fraction of sp³-hybridized carbons (Fsp3) is 0.333. The highest BCUT2D eigenvalue weighted by Crippen LogP contribution is 2.34. The number of nitrogens with zero attached hydrogens (tertiary/aromatic N) is 4. The number of aliphatic imine (C=N–C) groups is 1. The largest absolute Gasteiger partial charge is 0.497 e. The zero-order valence-electron chi connectivity index (χ0n) is 19.7. The van der Waals surface area contributed by atoms with Crippen LogP contribution in [0.4, 0.5) is 0 Å². The van der Waals surface area contributed by atoms with E-state index in [1.165, 1.54) is 0 Å². The van der Waals surface area contributed by atoms with Crippen molar-refractivity contribution in [3.05, 3.63) is 70.3 Å². The third-order valence-electron chi connectivity index (χ3n) is 5.69. The van der Waals surface area contributed by atoms with Crippen LogP contribution in [-0.2, 0) is 4.79 Å². The minimum Gasteiger partial charge on any atom is -0.497 e. The van der Waals surface area contributed by atoms with Gasteiger partial charge in [0.1, 0.15) is 17.6 Å². The Hall–Kier alpha value is -3.01. The standard InChI is InChI=1S/C24H28ClN5O3Si/c1-15-28-29-24-20(14-22(31)26-11-12-34(3,4)32)27-23(16-5-7-17(25)8-6-16)19-13-18(33-2)9-10-21(19)30(15)24/h5-10,13,20,32H,11-12,14H2,1-4H3,(H,26,31)/t20-/m0/s1. The van der Waals surface area contributed by atoms with Crippen LogP contribution in [0.5, 0.6) is 5.75 Å². The quantitative estimate of drug-likeness (QED) is 0.483. The number of hydrogen-bond acceptors (Lipinski definition) is 6. The van der Waals surface area contributed by atoms with Crippen LogP contribution in [0.3, 0.4) is 0 Å². The van der Waals surface area contributed by atoms with Gasteiger partial charge < -0.3 is 14.8 Å². The Kier molecular flexibility index (Phi) is 6.88. The Balaban J connectivity index is 1.79. The van der Waals surface area contributed by atoms with Crippen LogP contribution >= 0.6 is 11.6 Å². The zero-order chi connectivity index (χ0) is 24.5. The van der Waals surface area contributed by atoms with Gasteiger partial charge in [-0.15, -0.1) is 10.2 Å². The average molecular weight is 498 g/mol. The number of aryl methyl sites for hydroxylation is 1. The molecule has 3 aromatic rings. The van der Waals surface area contributed by atoms with Gasteiger partial charge in [0.05, 0.1) is 24.9 Å². The molecule has 0 fully saturated rings. The van der Waals surface area contributed by atoms with Crippen LogP contribution in [0.2, 0.25) is 24.2 Å². The van der Waals surface area contributed by atoms with Gasteiger partial charge in [-0.2, -0.15) is 0 Å². The molecule has 4 rings (SSSR count). The molecule has 0 aliphatic carbocycles. The number of halogens is 1. The predicted octanol–water partition coefficient (Wildman–Crippen LogP) is 3.83. The number of aromatic nitrogens is 3. The van der Waals surface area contributed by atoms with Crippen molar-refractivity contribution in [2.75, 3.05) is 13.7 Å². The van der Waals surface area contributed by atoms with Crippen LogP contribution in [-0.4, -0.2) is 53.2 Å². The first-order chi connectivity index (χ1) is 16.2. The summed E-state index contributed by atoms with van der Waals surface area (Å²) in [5.41, 5.74) is 3.30. The minimum atomic E-state index is -2.24. The number of benzene rings is 2. The second-order valence-corrected chi connectivity index (χ2v) is 13.5. The Morgan fingerprint density at radius 1 is 1.21 bits per heavy atom. The van der Waals surface area contributed by atoms with Crippen molar-refractivity contribution in [3.63, 3.8) is 0 Å². The van der Waals surface area contributed by atoms with Crippen molar-refractivity contribution in [2.24, 2.45) is 4.99 Å². The van der Waals surface area contributed by atoms with E-state index in [0.29, 0.717) is 35.0 Å². The zero-order valence-corrected chi connectivity index (χ0v) is 21.4. The lowest BCUT2D eigenvalue weighted by atomic mass is 10.00. The summed E-state index contributed by atoms with van der Waals surface area (Å²) in [4.78, 5) is 28.0.